The van der Waals surface area contributed by atoms with Gasteiger partial charge >= 0.3 is 0 Å². The highest BCUT2D eigenvalue weighted by Gasteiger charge is 2.25. The zero-order chi connectivity index (χ0) is 15.2. The van der Waals surface area contributed by atoms with Crippen LogP contribution in [0, 0.1) is 5.92 Å². The molecule has 0 bridgehead atoms. The molecule has 0 aliphatic heterocycles. The maximum atomic E-state index is 5.85. The van der Waals surface area contributed by atoms with Crippen molar-refractivity contribution < 1.29 is 4.74 Å². The molecule has 0 unspecified atom stereocenters. The van der Waals surface area contributed by atoms with Crippen LogP contribution in [0.5, 0.6) is 5.75 Å². The summed E-state index contributed by atoms with van der Waals surface area (Å²) < 4.78 is 5.85. The van der Waals surface area contributed by atoms with Gasteiger partial charge in [-0.25, -0.2) is 0 Å². The fourth-order valence-corrected chi connectivity index (χ4v) is 3.43. The van der Waals surface area contributed by atoms with Crippen LogP contribution in [0.15, 0.2) is 54.6 Å². The third kappa shape index (κ3) is 3.89. The Bertz CT molecular complexity index is 564. The molecule has 2 aromatic rings. The molecule has 116 valence electrons. The topological polar surface area (TPSA) is 21.3 Å². The summed E-state index contributed by atoms with van der Waals surface area (Å²) in [5.74, 6) is 1.73. The van der Waals surface area contributed by atoms with E-state index in [2.05, 4.69) is 48.8 Å². The first-order chi connectivity index (χ1) is 10.8. The summed E-state index contributed by atoms with van der Waals surface area (Å²) in [6.07, 6.45) is 5.19. The molecule has 1 saturated carbocycles. The molecule has 0 radical (unpaired) electrons. The van der Waals surface area contributed by atoms with Crippen LogP contribution in [0.2, 0.25) is 0 Å². The maximum absolute atomic E-state index is 5.85. The normalized spacial score (nSPS) is 21.0. The Hall–Kier alpha value is -1.80. The smallest absolute Gasteiger partial charge is 0.119 e. The van der Waals surface area contributed by atoms with Gasteiger partial charge in [0.2, 0.25) is 0 Å². The Morgan fingerprint density at radius 3 is 2.45 bits per heavy atom. The number of benzene rings is 2. The third-order valence-electron chi connectivity index (χ3n) is 4.70. The van der Waals surface area contributed by atoms with E-state index in [4.69, 9.17) is 4.74 Å². The first kappa shape index (κ1) is 15.1. The van der Waals surface area contributed by atoms with Crippen LogP contribution in [0.4, 0.5) is 0 Å². The van der Waals surface area contributed by atoms with Gasteiger partial charge < -0.3 is 10.1 Å². The van der Waals surface area contributed by atoms with Gasteiger partial charge in [-0.1, -0.05) is 48.9 Å². The predicted octanol–water partition coefficient (Wildman–Crippen LogP) is 4.20. The second-order valence-corrected chi connectivity index (χ2v) is 6.21. The number of hydrogen-bond acceptors (Lipinski definition) is 2. The fourth-order valence-electron chi connectivity index (χ4n) is 3.43. The molecule has 1 aliphatic carbocycles. The molecule has 1 aliphatic rings. The Morgan fingerprint density at radius 1 is 0.955 bits per heavy atom. The molecule has 1 N–H and O–H groups in total. The molecule has 2 nitrogen and oxygen atoms in total. The van der Waals surface area contributed by atoms with E-state index in [1.54, 1.807) is 0 Å². The van der Waals surface area contributed by atoms with Gasteiger partial charge in [0, 0.05) is 6.04 Å². The van der Waals surface area contributed by atoms with Crippen molar-refractivity contribution in [3.63, 3.8) is 0 Å². The van der Waals surface area contributed by atoms with Crippen LogP contribution < -0.4 is 10.1 Å². The van der Waals surface area contributed by atoms with Crippen molar-refractivity contribution in [1.82, 2.24) is 5.32 Å². The van der Waals surface area contributed by atoms with Gasteiger partial charge in [0.25, 0.3) is 0 Å². The van der Waals surface area contributed by atoms with Gasteiger partial charge in [-0.3, -0.25) is 0 Å². The van der Waals surface area contributed by atoms with E-state index < -0.39 is 0 Å². The van der Waals surface area contributed by atoms with Crippen molar-refractivity contribution in [3.05, 3.63) is 65.7 Å². The van der Waals surface area contributed by atoms with Crippen molar-refractivity contribution in [2.45, 2.75) is 38.3 Å². The fraction of sp³-hybridized carbons (Fsp3) is 0.400. The lowest BCUT2D eigenvalue weighted by Crippen LogP contribution is -2.29. The highest BCUT2D eigenvalue weighted by atomic mass is 16.5. The first-order valence-corrected chi connectivity index (χ1v) is 8.28. The molecule has 1 fully saturated rings. The Kier molecular flexibility index (Phi) is 5.12. The van der Waals surface area contributed by atoms with E-state index >= 15 is 0 Å². The number of nitrogens with one attached hydrogen (secondary N) is 1. The van der Waals surface area contributed by atoms with E-state index in [0.717, 1.165) is 11.7 Å². The van der Waals surface area contributed by atoms with Crippen LogP contribution in [0.25, 0.3) is 0 Å². The van der Waals surface area contributed by atoms with Crippen LogP contribution >= 0.6 is 0 Å². The lowest BCUT2D eigenvalue weighted by atomic mass is 9.95. The minimum Gasteiger partial charge on any atom is -0.489 e. The second kappa shape index (κ2) is 7.46. The minimum absolute atomic E-state index is 0.630. The van der Waals surface area contributed by atoms with E-state index in [1.807, 2.05) is 18.2 Å². The third-order valence-corrected chi connectivity index (χ3v) is 4.70. The van der Waals surface area contributed by atoms with Gasteiger partial charge in [0.15, 0.2) is 0 Å². The van der Waals surface area contributed by atoms with Gasteiger partial charge in [-0.15, -0.1) is 0 Å². The second-order valence-electron chi connectivity index (χ2n) is 6.21. The zero-order valence-electron chi connectivity index (χ0n) is 13.3. The van der Waals surface area contributed by atoms with Crippen molar-refractivity contribution >= 4 is 0 Å². The number of rotatable bonds is 6. The van der Waals surface area contributed by atoms with Gasteiger partial charge in [-0.05, 0) is 55.5 Å². The maximum Gasteiger partial charge on any atom is 0.119 e. The molecule has 0 saturated heterocycles. The largest absolute Gasteiger partial charge is 0.489 e. The van der Waals surface area contributed by atoms with E-state index in [1.165, 1.54) is 36.8 Å². The number of hydrogen-bond donors (Lipinski definition) is 1. The first-order valence-electron chi connectivity index (χ1n) is 8.28. The average Bonchev–Trinajstić information content (AvgIpc) is 3.02. The van der Waals surface area contributed by atoms with E-state index in [0.29, 0.717) is 12.6 Å². The summed E-state index contributed by atoms with van der Waals surface area (Å²) in [5, 5.41) is 3.46. The Balaban J connectivity index is 1.54. The Labute approximate surface area is 133 Å². The van der Waals surface area contributed by atoms with Gasteiger partial charge in [0.1, 0.15) is 12.4 Å². The van der Waals surface area contributed by atoms with Crippen molar-refractivity contribution in [3.8, 4) is 5.75 Å². The van der Waals surface area contributed by atoms with E-state index in [-0.39, 0.29) is 0 Å². The highest BCUT2D eigenvalue weighted by molar-refractivity contribution is 5.28. The summed E-state index contributed by atoms with van der Waals surface area (Å²) in [7, 11) is 2.09. The summed E-state index contributed by atoms with van der Waals surface area (Å²) >= 11 is 0. The SMILES string of the molecule is CN[C@H]1CCC[C@H]1Cc1ccc(OCc2ccccc2)cc1. The molecule has 0 amide bonds. The molecule has 2 aromatic carbocycles. The number of ether oxygens (including phenoxy) is 1. The van der Waals surface area contributed by atoms with Crippen molar-refractivity contribution in [1.29, 1.82) is 0 Å². The predicted molar refractivity (Wildman–Crippen MR) is 91.1 cm³/mol. The van der Waals surface area contributed by atoms with Crippen LogP contribution in [0.1, 0.15) is 30.4 Å². The monoisotopic (exact) mass is 295 g/mol. The van der Waals surface area contributed by atoms with Gasteiger partial charge in [0.05, 0.1) is 0 Å². The molecule has 0 spiro atoms. The van der Waals surface area contributed by atoms with Crippen LogP contribution in [-0.4, -0.2) is 13.1 Å². The lowest BCUT2D eigenvalue weighted by Gasteiger charge is -2.19. The summed E-state index contributed by atoms with van der Waals surface area (Å²) in [6.45, 7) is 0.630. The van der Waals surface area contributed by atoms with Crippen LogP contribution in [0.3, 0.4) is 0 Å². The molecular weight excluding hydrogens is 270 g/mol. The summed E-state index contributed by atoms with van der Waals surface area (Å²) in [5.41, 5.74) is 2.62. The van der Waals surface area contributed by atoms with Crippen molar-refractivity contribution in [2.75, 3.05) is 7.05 Å². The Morgan fingerprint density at radius 2 is 1.73 bits per heavy atom. The molecule has 0 heterocycles. The summed E-state index contributed by atoms with van der Waals surface area (Å²) in [6, 6.07) is 19.6. The van der Waals surface area contributed by atoms with Crippen molar-refractivity contribution in [2.24, 2.45) is 5.92 Å². The minimum atomic E-state index is 0.630. The molecule has 2 heteroatoms. The quantitative estimate of drug-likeness (QED) is 0.862. The van der Waals surface area contributed by atoms with Crippen LogP contribution in [-0.2, 0) is 13.0 Å². The average molecular weight is 295 g/mol. The zero-order valence-corrected chi connectivity index (χ0v) is 13.3. The molecule has 22 heavy (non-hydrogen) atoms. The molecule has 0 aromatic heterocycles. The highest BCUT2D eigenvalue weighted by Crippen LogP contribution is 2.29. The molecule has 3 rings (SSSR count). The summed E-state index contributed by atoms with van der Waals surface area (Å²) in [4.78, 5) is 0. The lowest BCUT2D eigenvalue weighted by molar-refractivity contribution is 0.306. The van der Waals surface area contributed by atoms with Gasteiger partial charge in [-0.2, -0.15) is 0 Å². The molecule has 2 atom stereocenters. The molecular formula is C20H25NO. The standard InChI is InChI=1S/C20H25NO/c1-21-20-9-5-8-18(20)14-16-10-12-19(13-11-16)22-15-17-6-3-2-4-7-17/h2-4,6-7,10-13,18,20-21H,5,8-9,14-15H2,1H3/t18-,20-/m0/s1. The van der Waals surface area contributed by atoms with E-state index in [9.17, 15) is 0 Å².